The van der Waals surface area contributed by atoms with Crippen molar-refractivity contribution in [3.05, 3.63) is 59.9 Å². The van der Waals surface area contributed by atoms with E-state index in [0.717, 1.165) is 0 Å². The van der Waals surface area contributed by atoms with Gasteiger partial charge >= 0.3 is 5.97 Å². The zero-order valence-corrected chi connectivity index (χ0v) is 16.2. The summed E-state index contributed by atoms with van der Waals surface area (Å²) in [6, 6.07) is 12.4. The summed E-state index contributed by atoms with van der Waals surface area (Å²) in [4.78, 5) is 26.1. The van der Waals surface area contributed by atoms with Crippen LogP contribution < -0.4 is 9.47 Å². The fourth-order valence-electron chi connectivity index (χ4n) is 2.60. The van der Waals surface area contributed by atoms with E-state index in [4.69, 9.17) is 14.2 Å². The van der Waals surface area contributed by atoms with E-state index in [1.54, 1.807) is 38.3 Å². The molecule has 0 saturated carbocycles. The first kappa shape index (κ1) is 21.2. The summed E-state index contributed by atoms with van der Waals surface area (Å²) in [7, 11) is 2.88. The Hall–Kier alpha value is -3.09. The van der Waals surface area contributed by atoms with Crippen molar-refractivity contribution in [2.45, 2.75) is 6.92 Å². The minimum Gasteiger partial charge on any atom is -0.497 e. The van der Waals surface area contributed by atoms with Crippen molar-refractivity contribution < 1.29 is 28.2 Å². The Morgan fingerprint density at radius 3 is 2.18 bits per heavy atom. The largest absolute Gasteiger partial charge is 0.497 e. The molecule has 0 radical (unpaired) electrons. The van der Waals surface area contributed by atoms with Crippen LogP contribution in [0.5, 0.6) is 11.5 Å². The molecule has 1 unspecified atom stereocenters. The Kier molecular flexibility index (Phi) is 7.80. The standard InChI is InChI=1S/C21H24FNO5/c1-15(21(25)27-3)14-23(20(24)16-4-6-17(22)7-5-16)12-13-28-19-10-8-18(26-2)9-11-19/h4-11,15H,12-14H2,1-3H3. The SMILES string of the molecule is COC(=O)C(C)CN(CCOc1ccc(OC)cc1)C(=O)c1ccc(F)cc1. The normalized spacial score (nSPS) is 11.4. The highest BCUT2D eigenvalue weighted by Gasteiger charge is 2.22. The van der Waals surface area contributed by atoms with Crippen LogP contribution in [-0.4, -0.2) is 50.7 Å². The fraction of sp³-hybridized carbons (Fsp3) is 0.333. The summed E-state index contributed by atoms with van der Waals surface area (Å²) in [5.41, 5.74) is 0.336. The highest BCUT2D eigenvalue weighted by molar-refractivity contribution is 5.94. The number of ether oxygens (including phenoxy) is 3. The van der Waals surface area contributed by atoms with Crippen LogP contribution in [0.4, 0.5) is 4.39 Å². The molecule has 0 bridgehead atoms. The van der Waals surface area contributed by atoms with Gasteiger partial charge in [-0.05, 0) is 48.5 Å². The van der Waals surface area contributed by atoms with Crippen molar-refractivity contribution in [2.24, 2.45) is 5.92 Å². The molecule has 0 aliphatic heterocycles. The number of nitrogens with zero attached hydrogens (tertiary/aromatic N) is 1. The molecular weight excluding hydrogens is 365 g/mol. The van der Waals surface area contributed by atoms with E-state index in [0.29, 0.717) is 17.1 Å². The molecule has 2 rings (SSSR count). The summed E-state index contributed by atoms with van der Waals surface area (Å²) in [6.07, 6.45) is 0. The number of hydrogen-bond donors (Lipinski definition) is 0. The minimum atomic E-state index is -0.504. The highest BCUT2D eigenvalue weighted by atomic mass is 19.1. The smallest absolute Gasteiger partial charge is 0.310 e. The summed E-state index contributed by atoms with van der Waals surface area (Å²) in [5.74, 6) is -0.297. The summed E-state index contributed by atoms with van der Waals surface area (Å²) in [6.45, 7) is 2.33. The number of amides is 1. The van der Waals surface area contributed by atoms with E-state index in [1.165, 1.54) is 36.3 Å². The van der Waals surface area contributed by atoms with E-state index in [1.807, 2.05) is 0 Å². The molecule has 0 aromatic heterocycles. The van der Waals surface area contributed by atoms with E-state index in [9.17, 15) is 14.0 Å². The number of halogens is 1. The second-order valence-corrected chi connectivity index (χ2v) is 6.21. The molecule has 0 spiro atoms. The predicted molar refractivity (Wildman–Crippen MR) is 102 cm³/mol. The molecule has 150 valence electrons. The number of rotatable bonds is 9. The van der Waals surface area contributed by atoms with Gasteiger partial charge in [0.15, 0.2) is 0 Å². The lowest BCUT2D eigenvalue weighted by Gasteiger charge is -2.25. The van der Waals surface area contributed by atoms with E-state index < -0.39 is 17.7 Å². The first-order chi connectivity index (χ1) is 13.4. The van der Waals surface area contributed by atoms with E-state index in [2.05, 4.69) is 0 Å². The zero-order valence-electron chi connectivity index (χ0n) is 16.2. The number of benzene rings is 2. The van der Waals surface area contributed by atoms with Crippen LogP contribution in [0.25, 0.3) is 0 Å². The maximum Gasteiger partial charge on any atom is 0.310 e. The molecule has 1 amide bonds. The molecule has 0 N–H and O–H groups in total. The lowest BCUT2D eigenvalue weighted by molar-refractivity contribution is -0.145. The molecule has 1 atom stereocenters. The van der Waals surface area contributed by atoms with Crippen molar-refractivity contribution in [3.63, 3.8) is 0 Å². The Bertz CT molecular complexity index is 776. The Labute approximate surface area is 163 Å². The lowest BCUT2D eigenvalue weighted by atomic mass is 10.1. The van der Waals surface area contributed by atoms with Crippen LogP contribution >= 0.6 is 0 Å². The first-order valence-electron chi connectivity index (χ1n) is 8.84. The van der Waals surface area contributed by atoms with Gasteiger partial charge in [-0.25, -0.2) is 4.39 Å². The van der Waals surface area contributed by atoms with Crippen LogP contribution in [0, 0.1) is 11.7 Å². The van der Waals surface area contributed by atoms with Gasteiger partial charge in [0.1, 0.15) is 23.9 Å². The maximum atomic E-state index is 13.1. The second-order valence-electron chi connectivity index (χ2n) is 6.21. The van der Waals surface area contributed by atoms with Gasteiger partial charge in [0.05, 0.1) is 26.7 Å². The third-order valence-electron chi connectivity index (χ3n) is 4.17. The third-order valence-corrected chi connectivity index (χ3v) is 4.17. The van der Waals surface area contributed by atoms with Gasteiger partial charge in [-0.3, -0.25) is 9.59 Å². The maximum absolute atomic E-state index is 13.1. The van der Waals surface area contributed by atoms with Crippen LogP contribution in [0.3, 0.4) is 0 Å². The minimum absolute atomic E-state index is 0.162. The molecule has 2 aromatic rings. The highest BCUT2D eigenvalue weighted by Crippen LogP contribution is 2.17. The van der Waals surface area contributed by atoms with Gasteiger partial charge in [0, 0.05) is 12.1 Å². The van der Waals surface area contributed by atoms with Crippen LogP contribution in [0.2, 0.25) is 0 Å². The molecule has 0 fully saturated rings. The number of carbonyl (C=O) groups excluding carboxylic acids is 2. The van der Waals surface area contributed by atoms with E-state index >= 15 is 0 Å². The molecule has 0 heterocycles. The van der Waals surface area contributed by atoms with Crippen molar-refractivity contribution in [1.82, 2.24) is 4.90 Å². The molecule has 0 saturated heterocycles. The topological polar surface area (TPSA) is 65.1 Å². The lowest BCUT2D eigenvalue weighted by Crippen LogP contribution is -2.39. The van der Waals surface area contributed by atoms with Crippen molar-refractivity contribution in [2.75, 3.05) is 33.9 Å². The molecular formula is C21H24FNO5. The van der Waals surface area contributed by atoms with Gasteiger partial charge in [-0.2, -0.15) is 0 Å². The predicted octanol–water partition coefficient (Wildman–Crippen LogP) is 3.16. The monoisotopic (exact) mass is 389 g/mol. The molecule has 7 heteroatoms. The summed E-state index contributed by atoms with van der Waals surface area (Å²) >= 11 is 0. The van der Waals surface area contributed by atoms with Crippen LogP contribution in [0.15, 0.2) is 48.5 Å². The average molecular weight is 389 g/mol. The molecule has 6 nitrogen and oxygen atoms in total. The van der Waals surface area contributed by atoms with Gasteiger partial charge in [-0.15, -0.1) is 0 Å². The third kappa shape index (κ3) is 5.97. The van der Waals surface area contributed by atoms with Gasteiger partial charge in [0.25, 0.3) is 5.91 Å². The van der Waals surface area contributed by atoms with E-state index in [-0.39, 0.29) is 25.6 Å². The number of carbonyl (C=O) groups is 2. The first-order valence-corrected chi connectivity index (χ1v) is 8.84. The number of hydrogen-bond acceptors (Lipinski definition) is 5. The number of esters is 1. The average Bonchev–Trinajstić information content (AvgIpc) is 2.72. The van der Waals surface area contributed by atoms with Crippen LogP contribution in [-0.2, 0) is 9.53 Å². The van der Waals surface area contributed by atoms with Crippen molar-refractivity contribution in [3.8, 4) is 11.5 Å². The molecule has 28 heavy (non-hydrogen) atoms. The molecule has 0 aliphatic carbocycles. The van der Waals surface area contributed by atoms with Gasteiger partial charge in [0.2, 0.25) is 0 Å². The Morgan fingerprint density at radius 1 is 1.00 bits per heavy atom. The second kappa shape index (κ2) is 10.3. The quantitative estimate of drug-likeness (QED) is 0.617. The zero-order chi connectivity index (χ0) is 20.5. The van der Waals surface area contributed by atoms with Gasteiger partial charge < -0.3 is 19.1 Å². The van der Waals surface area contributed by atoms with Crippen molar-refractivity contribution in [1.29, 1.82) is 0 Å². The Morgan fingerprint density at radius 2 is 1.61 bits per heavy atom. The van der Waals surface area contributed by atoms with Gasteiger partial charge in [-0.1, -0.05) is 6.92 Å². The fourth-order valence-corrected chi connectivity index (χ4v) is 2.60. The Balaban J connectivity index is 2.04. The van der Waals surface area contributed by atoms with Crippen molar-refractivity contribution >= 4 is 11.9 Å². The molecule has 2 aromatic carbocycles. The number of methoxy groups -OCH3 is 2. The summed E-state index contributed by atoms with van der Waals surface area (Å²) in [5, 5.41) is 0. The summed E-state index contributed by atoms with van der Waals surface area (Å²) < 4.78 is 28.7. The van der Waals surface area contributed by atoms with Crippen LogP contribution in [0.1, 0.15) is 17.3 Å². The molecule has 0 aliphatic rings.